The van der Waals surface area contributed by atoms with Gasteiger partial charge >= 0.3 is 5.97 Å². The Kier molecular flexibility index (Phi) is 5.89. The summed E-state index contributed by atoms with van der Waals surface area (Å²) in [5.74, 6) is -0.264. The number of nitrogens with zero attached hydrogens (tertiary/aromatic N) is 2. The highest BCUT2D eigenvalue weighted by atomic mass is 16.5. The Bertz CT molecular complexity index is 1560. The van der Waals surface area contributed by atoms with E-state index >= 15 is 0 Å². The zero-order valence-corrected chi connectivity index (χ0v) is 20.9. The largest absolute Gasteiger partial charge is 0.493 e. The number of ether oxygens (including phenoxy) is 2. The number of aromatic nitrogens is 1. The van der Waals surface area contributed by atoms with E-state index in [4.69, 9.17) is 14.5 Å². The average molecular weight is 481 g/mol. The van der Waals surface area contributed by atoms with Crippen LogP contribution in [0.2, 0.25) is 0 Å². The number of fused-ring (bicyclic) bond motifs is 1. The van der Waals surface area contributed by atoms with Crippen LogP contribution in [0.1, 0.15) is 55.5 Å². The van der Waals surface area contributed by atoms with Crippen molar-refractivity contribution in [1.29, 1.82) is 5.26 Å². The fourth-order valence-electron chi connectivity index (χ4n) is 5.00. The van der Waals surface area contributed by atoms with E-state index in [0.717, 1.165) is 56.1 Å². The van der Waals surface area contributed by atoms with Gasteiger partial charge in [0.1, 0.15) is 5.75 Å². The van der Waals surface area contributed by atoms with Crippen LogP contribution in [0.3, 0.4) is 0 Å². The molecule has 0 fully saturated rings. The van der Waals surface area contributed by atoms with Crippen LogP contribution in [0.15, 0.2) is 48.7 Å². The summed E-state index contributed by atoms with van der Waals surface area (Å²) >= 11 is 0. The summed E-state index contributed by atoms with van der Waals surface area (Å²) in [5, 5.41) is 22.5. The molecule has 6 nitrogen and oxygen atoms in total. The topological polar surface area (TPSA) is 92.4 Å². The third-order valence-electron chi connectivity index (χ3n) is 7.13. The Morgan fingerprint density at radius 1 is 1.25 bits per heavy atom. The van der Waals surface area contributed by atoms with Gasteiger partial charge < -0.3 is 14.6 Å². The van der Waals surface area contributed by atoms with Gasteiger partial charge in [0.15, 0.2) is 6.10 Å². The maximum Gasteiger partial charge on any atom is 0.337 e. The second-order valence-electron chi connectivity index (χ2n) is 9.88. The smallest absolute Gasteiger partial charge is 0.337 e. The van der Waals surface area contributed by atoms with Gasteiger partial charge in [-0.15, -0.1) is 0 Å². The Hall–Kier alpha value is -3.95. The lowest BCUT2D eigenvalue weighted by molar-refractivity contribution is -0.162. The minimum atomic E-state index is -1.18. The molecule has 1 aliphatic heterocycles. The molecule has 6 heteroatoms. The third kappa shape index (κ3) is 3.96. The number of aliphatic carboxylic acids is 1. The van der Waals surface area contributed by atoms with E-state index in [-0.39, 0.29) is 0 Å². The van der Waals surface area contributed by atoms with Gasteiger partial charge in [0.25, 0.3) is 0 Å². The van der Waals surface area contributed by atoms with Gasteiger partial charge in [-0.3, -0.25) is 4.98 Å². The number of aryl methyl sites for hydroxylation is 1. The summed E-state index contributed by atoms with van der Waals surface area (Å²) in [5.41, 5.74) is 4.78. The maximum absolute atomic E-state index is 12.7. The molecular weight excluding hydrogens is 452 g/mol. The lowest BCUT2D eigenvalue weighted by atomic mass is 9.85. The molecule has 1 aromatic heterocycles. The minimum Gasteiger partial charge on any atom is -0.493 e. The zero-order chi connectivity index (χ0) is 25.6. The van der Waals surface area contributed by atoms with E-state index in [1.165, 1.54) is 0 Å². The Morgan fingerprint density at radius 2 is 2.06 bits per heavy atom. The molecule has 0 saturated heterocycles. The molecule has 0 radical (unpaired) electrons. The lowest BCUT2D eigenvalue weighted by Gasteiger charge is -2.31. The molecule has 182 valence electrons. The van der Waals surface area contributed by atoms with Gasteiger partial charge in [-0.05, 0) is 85.0 Å². The van der Waals surface area contributed by atoms with Crippen molar-refractivity contribution in [2.24, 2.45) is 0 Å². The van der Waals surface area contributed by atoms with Crippen LogP contribution >= 0.6 is 0 Å². The molecule has 1 aliphatic rings. The van der Waals surface area contributed by atoms with E-state index in [1.54, 1.807) is 12.3 Å². The number of hydrogen-bond donors (Lipinski definition) is 1. The van der Waals surface area contributed by atoms with Crippen molar-refractivity contribution < 1.29 is 19.4 Å². The van der Waals surface area contributed by atoms with Gasteiger partial charge in [0, 0.05) is 29.1 Å². The summed E-state index contributed by atoms with van der Waals surface area (Å²) in [4.78, 5) is 17.4. The van der Waals surface area contributed by atoms with Crippen molar-refractivity contribution in [3.63, 3.8) is 0 Å². The van der Waals surface area contributed by atoms with Crippen LogP contribution in [-0.4, -0.2) is 28.3 Å². The first-order valence-corrected chi connectivity index (χ1v) is 12.2. The number of carboxylic acids is 1. The number of rotatable bonds is 6. The molecule has 36 heavy (non-hydrogen) atoms. The van der Waals surface area contributed by atoms with Crippen molar-refractivity contribution in [2.45, 2.75) is 52.2 Å². The van der Waals surface area contributed by atoms with Gasteiger partial charge in [-0.1, -0.05) is 19.1 Å². The number of carboxylic acid groups (broad SMARTS) is 1. The first-order valence-electron chi connectivity index (χ1n) is 12.2. The second kappa shape index (κ2) is 8.92. The minimum absolute atomic E-state index is 0.544. The van der Waals surface area contributed by atoms with E-state index in [9.17, 15) is 15.2 Å². The van der Waals surface area contributed by atoms with Crippen LogP contribution in [0.25, 0.3) is 32.8 Å². The molecule has 3 aromatic carbocycles. The standard InChI is InChI=1S/C30H28N2O4/c1-5-30(3,4)36-28(29(33)34)24-17(2)14-20-15-18(16-31)6-7-21(20)26(24)22-8-9-23-25-19(11-13-35-23)10-12-32-27(22)25/h6-10,12,14-15,28H,5,11,13H2,1-4H3,(H,33,34)/t28-/m1/s1. The molecule has 0 spiro atoms. The molecule has 1 atom stereocenters. The molecule has 0 aliphatic carbocycles. The predicted molar refractivity (Wildman–Crippen MR) is 139 cm³/mol. The zero-order valence-electron chi connectivity index (χ0n) is 20.9. The highest BCUT2D eigenvalue weighted by molar-refractivity contribution is 6.09. The normalized spacial score (nSPS) is 13.9. The van der Waals surface area contributed by atoms with E-state index < -0.39 is 17.7 Å². The molecular formula is C30H28N2O4. The molecule has 0 saturated carbocycles. The predicted octanol–water partition coefficient (Wildman–Crippen LogP) is 6.50. The first-order chi connectivity index (χ1) is 17.2. The fraction of sp³-hybridized carbons (Fsp3) is 0.300. The summed E-state index contributed by atoms with van der Waals surface area (Å²) in [7, 11) is 0. The Balaban J connectivity index is 1.90. The van der Waals surface area contributed by atoms with Crippen molar-refractivity contribution in [1.82, 2.24) is 4.98 Å². The van der Waals surface area contributed by atoms with Crippen molar-refractivity contribution >= 4 is 27.6 Å². The van der Waals surface area contributed by atoms with Crippen LogP contribution in [0.4, 0.5) is 0 Å². The molecule has 4 aromatic rings. The number of carbonyl (C=O) groups is 1. The van der Waals surface area contributed by atoms with Crippen LogP contribution < -0.4 is 4.74 Å². The Labute approximate surface area is 210 Å². The van der Waals surface area contributed by atoms with Crippen LogP contribution in [0, 0.1) is 18.3 Å². The number of nitriles is 1. The van der Waals surface area contributed by atoms with Crippen molar-refractivity contribution in [3.8, 4) is 22.9 Å². The SMILES string of the molecule is CCC(C)(C)O[C@@H](C(=O)O)c1c(C)cc2cc(C#N)ccc2c1-c1ccc2c3c(ccnc13)CCO2. The highest BCUT2D eigenvalue weighted by Gasteiger charge is 2.33. The molecule has 2 heterocycles. The second-order valence-corrected chi connectivity index (χ2v) is 9.88. The molecule has 1 N–H and O–H groups in total. The number of pyridine rings is 1. The molecule has 0 bridgehead atoms. The van der Waals surface area contributed by atoms with Crippen LogP contribution in [-0.2, 0) is 16.0 Å². The van der Waals surface area contributed by atoms with Crippen LogP contribution in [0.5, 0.6) is 5.75 Å². The third-order valence-corrected chi connectivity index (χ3v) is 7.13. The van der Waals surface area contributed by atoms with Crippen molar-refractivity contribution in [2.75, 3.05) is 6.61 Å². The molecule has 0 amide bonds. The molecule has 5 rings (SSSR count). The summed E-state index contributed by atoms with van der Waals surface area (Å²) in [6, 6.07) is 15.5. The highest BCUT2D eigenvalue weighted by Crippen LogP contribution is 2.45. The van der Waals surface area contributed by atoms with E-state index in [1.807, 2.05) is 64.1 Å². The van der Waals surface area contributed by atoms with E-state index in [0.29, 0.717) is 24.2 Å². The van der Waals surface area contributed by atoms with Gasteiger partial charge in [-0.25, -0.2) is 4.79 Å². The number of hydrogen-bond acceptors (Lipinski definition) is 5. The average Bonchev–Trinajstić information content (AvgIpc) is 2.87. The molecule has 0 unspecified atom stereocenters. The van der Waals surface area contributed by atoms with Crippen molar-refractivity contribution in [3.05, 3.63) is 70.9 Å². The summed E-state index contributed by atoms with van der Waals surface area (Å²) in [6.07, 6.45) is 2.06. The van der Waals surface area contributed by atoms with E-state index in [2.05, 4.69) is 6.07 Å². The number of benzene rings is 3. The summed E-state index contributed by atoms with van der Waals surface area (Å²) < 4.78 is 12.2. The fourth-order valence-corrected chi connectivity index (χ4v) is 5.00. The van der Waals surface area contributed by atoms with Gasteiger partial charge in [0.2, 0.25) is 0 Å². The van der Waals surface area contributed by atoms with Gasteiger partial charge in [-0.2, -0.15) is 5.26 Å². The first kappa shape index (κ1) is 23.8. The summed E-state index contributed by atoms with van der Waals surface area (Å²) in [6.45, 7) is 8.30. The maximum atomic E-state index is 12.7. The lowest BCUT2D eigenvalue weighted by Crippen LogP contribution is -2.30. The quantitative estimate of drug-likeness (QED) is 0.339. The monoisotopic (exact) mass is 480 g/mol. The van der Waals surface area contributed by atoms with Gasteiger partial charge in [0.05, 0.1) is 29.4 Å². The Morgan fingerprint density at radius 3 is 2.78 bits per heavy atom.